The van der Waals surface area contributed by atoms with E-state index in [1.54, 1.807) is 7.11 Å². The van der Waals surface area contributed by atoms with Crippen LogP contribution in [-0.2, 0) is 6.42 Å². The van der Waals surface area contributed by atoms with Crippen LogP contribution in [0, 0.1) is 30.6 Å². The molecule has 1 aromatic rings. The average Bonchev–Trinajstić information content (AvgIpc) is 2.25. The van der Waals surface area contributed by atoms with Crippen molar-refractivity contribution in [2.24, 2.45) is 5.41 Å². The van der Waals surface area contributed by atoms with Crippen molar-refractivity contribution in [2.75, 3.05) is 7.11 Å². The van der Waals surface area contributed by atoms with Gasteiger partial charge in [-0.05, 0) is 55.9 Å². The van der Waals surface area contributed by atoms with Gasteiger partial charge in [-0.15, -0.1) is 0 Å². The summed E-state index contributed by atoms with van der Waals surface area (Å²) in [5.41, 5.74) is 3.53. The van der Waals surface area contributed by atoms with Crippen LogP contribution in [0.25, 0.3) is 0 Å². The van der Waals surface area contributed by atoms with E-state index in [9.17, 15) is 5.26 Å². The molecule has 0 aliphatic heterocycles. The quantitative estimate of drug-likeness (QED) is 0.794. The van der Waals surface area contributed by atoms with Crippen LogP contribution in [0.4, 0.5) is 0 Å². The number of rotatable bonds is 3. The van der Waals surface area contributed by atoms with Crippen LogP contribution in [0.15, 0.2) is 12.1 Å². The molecule has 0 N–H and O–H groups in total. The fraction of sp³-hybridized carbons (Fsp3) is 0.533. The smallest absolute Gasteiger partial charge is 0.122 e. The minimum atomic E-state index is -0.132. The Morgan fingerprint density at radius 1 is 1.35 bits per heavy atom. The Kier molecular flexibility index (Phi) is 3.11. The zero-order chi connectivity index (χ0) is 12.5. The Bertz CT molecular complexity index is 467. The predicted octanol–water partition coefficient (Wildman–Crippen LogP) is 3.55. The van der Waals surface area contributed by atoms with E-state index >= 15 is 0 Å². The Morgan fingerprint density at radius 3 is 2.53 bits per heavy atom. The fourth-order valence-corrected chi connectivity index (χ4v) is 2.64. The van der Waals surface area contributed by atoms with Gasteiger partial charge in [0.2, 0.25) is 0 Å². The van der Waals surface area contributed by atoms with Gasteiger partial charge >= 0.3 is 0 Å². The summed E-state index contributed by atoms with van der Waals surface area (Å²) in [6.45, 7) is 4.18. The van der Waals surface area contributed by atoms with Crippen molar-refractivity contribution >= 4 is 0 Å². The summed E-state index contributed by atoms with van der Waals surface area (Å²) in [7, 11) is 1.71. The Balaban J connectivity index is 2.35. The second-order valence-corrected chi connectivity index (χ2v) is 5.19. The SMILES string of the molecule is COc1cc(C)cc(C)c1CC1(C#N)CCC1. The van der Waals surface area contributed by atoms with Crippen LogP contribution in [-0.4, -0.2) is 7.11 Å². The highest BCUT2D eigenvalue weighted by Crippen LogP contribution is 2.45. The van der Waals surface area contributed by atoms with Gasteiger partial charge in [-0.25, -0.2) is 0 Å². The first-order valence-corrected chi connectivity index (χ1v) is 6.15. The predicted molar refractivity (Wildman–Crippen MR) is 68.1 cm³/mol. The summed E-state index contributed by atoms with van der Waals surface area (Å²) in [6, 6.07) is 6.73. The molecule has 1 aliphatic carbocycles. The van der Waals surface area contributed by atoms with Crippen LogP contribution < -0.4 is 4.74 Å². The first-order chi connectivity index (χ1) is 8.10. The second-order valence-electron chi connectivity index (χ2n) is 5.19. The molecular formula is C15H19NO. The molecule has 90 valence electrons. The molecule has 0 amide bonds. The molecule has 2 heteroatoms. The number of hydrogen-bond acceptors (Lipinski definition) is 2. The standard InChI is InChI=1S/C15H19NO/c1-11-7-12(2)13(14(8-11)17-3)9-15(10-16)5-4-6-15/h7-8H,4-6,9H2,1-3H3. The highest BCUT2D eigenvalue weighted by molar-refractivity contribution is 5.44. The third kappa shape index (κ3) is 2.15. The van der Waals surface area contributed by atoms with Crippen molar-refractivity contribution in [3.8, 4) is 11.8 Å². The number of aryl methyl sites for hydroxylation is 2. The molecular weight excluding hydrogens is 210 g/mol. The second kappa shape index (κ2) is 4.41. The van der Waals surface area contributed by atoms with Gasteiger partial charge in [-0.2, -0.15) is 5.26 Å². The van der Waals surface area contributed by atoms with E-state index in [1.165, 1.54) is 23.1 Å². The van der Waals surface area contributed by atoms with Crippen molar-refractivity contribution in [3.05, 3.63) is 28.8 Å². The normalized spacial score (nSPS) is 17.1. The molecule has 1 aliphatic rings. The van der Waals surface area contributed by atoms with Gasteiger partial charge in [0.15, 0.2) is 0 Å². The van der Waals surface area contributed by atoms with Gasteiger partial charge < -0.3 is 4.74 Å². The van der Waals surface area contributed by atoms with Crippen molar-refractivity contribution < 1.29 is 4.74 Å². The lowest BCUT2D eigenvalue weighted by molar-refractivity contribution is 0.211. The largest absolute Gasteiger partial charge is 0.496 e. The number of methoxy groups -OCH3 is 1. The van der Waals surface area contributed by atoms with E-state index in [0.717, 1.165) is 25.0 Å². The fourth-order valence-electron chi connectivity index (χ4n) is 2.64. The number of ether oxygens (including phenoxy) is 1. The maximum Gasteiger partial charge on any atom is 0.122 e. The van der Waals surface area contributed by atoms with Crippen molar-refractivity contribution in [1.29, 1.82) is 5.26 Å². The van der Waals surface area contributed by atoms with E-state index in [-0.39, 0.29) is 5.41 Å². The molecule has 0 bridgehead atoms. The van der Waals surface area contributed by atoms with E-state index in [0.29, 0.717) is 0 Å². The van der Waals surface area contributed by atoms with Gasteiger partial charge in [0.25, 0.3) is 0 Å². The molecule has 0 saturated heterocycles. The number of nitrogens with zero attached hydrogens (tertiary/aromatic N) is 1. The van der Waals surface area contributed by atoms with E-state index in [2.05, 4.69) is 32.0 Å². The molecule has 2 nitrogen and oxygen atoms in total. The molecule has 17 heavy (non-hydrogen) atoms. The van der Waals surface area contributed by atoms with Crippen LogP contribution in [0.3, 0.4) is 0 Å². The van der Waals surface area contributed by atoms with Crippen LogP contribution in [0.1, 0.15) is 36.0 Å². The molecule has 0 atom stereocenters. The summed E-state index contributed by atoms with van der Waals surface area (Å²) < 4.78 is 5.46. The molecule has 0 aromatic heterocycles. The van der Waals surface area contributed by atoms with Gasteiger partial charge in [-0.3, -0.25) is 0 Å². The minimum Gasteiger partial charge on any atom is -0.496 e. The molecule has 0 spiro atoms. The summed E-state index contributed by atoms with van der Waals surface area (Å²) in [4.78, 5) is 0. The van der Waals surface area contributed by atoms with Crippen LogP contribution >= 0.6 is 0 Å². The van der Waals surface area contributed by atoms with E-state index in [1.807, 2.05) is 0 Å². The molecule has 1 fully saturated rings. The van der Waals surface area contributed by atoms with Gasteiger partial charge in [0.1, 0.15) is 5.75 Å². The Morgan fingerprint density at radius 2 is 2.06 bits per heavy atom. The molecule has 0 heterocycles. The molecule has 1 aromatic carbocycles. The zero-order valence-corrected chi connectivity index (χ0v) is 10.8. The van der Waals surface area contributed by atoms with Gasteiger partial charge in [0.05, 0.1) is 18.6 Å². The van der Waals surface area contributed by atoms with Crippen molar-refractivity contribution in [2.45, 2.75) is 39.5 Å². The van der Waals surface area contributed by atoms with E-state index in [4.69, 9.17) is 4.74 Å². The highest BCUT2D eigenvalue weighted by Gasteiger charge is 2.38. The maximum absolute atomic E-state index is 9.32. The molecule has 0 radical (unpaired) electrons. The summed E-state index contributed by atoms with van der Waals surface area (Å²) in [6.07, 6.45) is 4.07. The summed E-state index contributed by atoms with van der Waals surface area (Å²) in [5, 5.41) is 9.32. The average molecular weight is 229 g/mol. The number of hydrogen-bond donors (Lipinski definition) is 0. The zero-order valence-electron chi connectivity index (χ0n) is 10.8. The third-order valence-electron chi connectivity index (χ3n) is 3.86. The lowest BCUT2D eigenvalue weighted by Crippen LogP contribution is -2.30. The van der Waals surface area contributed by atoms with Crippen LogP contribution in [0.5, 0.6) is 5.75 Å². The van der Waals surface area contributed by atoms with Crippen molar-refractivity contribution in [1.82, 2.24) is 0 Å². The highest BCUT2D eigenvalue weighted by atomic mass is 16.5. The number of benzene rings is 1. The number of nitriles is 1. The molecule has 1 saturated carbocycles. The molecule has 2 rings (SSSR count). The first-order valence-electron chi connectivity index (χ1n) is 6.15. The topological polar surface area (TPSA) is 33.0 Å². The Labute approximate surface area is 103 Å². The minimum absolute atomic E-state index is 0.132. The first kappa shape index (κ1) is 12.0. The maximum atomic E-state index is 9.32. The van der Waals surface area contributed by atoms with Crippen molar-refractivity contribution in [3.63, 3.8) is 0 Å². The summed E-state index contributed by atoms with van der Waals surface area (Å²) >= 11 is 0. The third-order valence-corrected chi connectivity index (χ3v) is 3.86. The van der Waals surface area contributed by atoms with Gasteiger partial charge in [-0.1, -0.05) is 12.5 Å². The Hall–Kier alpha value is -1.49. The lowest BCUT2D eigenvalue weighted by Gasteiger charge is -2.36. The summed E-state index contributed by atoms with van der Waals surface area (Å²) in [5.74, 6) is 0.934. The van der Waals surface area contributed by atoms with Crippen LogP contribution in [0.2, 0.25) is 0 Å². The van der Waals surface area contributed by atoms with Gasteiger partial charge in [0, 0.05) is 0 Å². The lowest BCUT2D eigenvalue weighted by atomic mass is 9.66. The molecule has 0 unspecified atom stereocenters. The monoisotopic (exact) mass is 229 g/mol. The van der Waals surface area contributed by atoms with E-state index < -0.39 is 0 Å².